The molecule has 0 saturated carbocycles. The Morgan fingerprint density at radius 3 is 0.557 bits per heavy atom. The normalized spacial score (nSPS) is 23.2. The second kappa shape index (κ2) is 37.3. The molecule has 149 heavy (non-hydrogen) atoms. The molecule has 35 heteroatoms. The standard InChI is InChI=1S/C114H84N3O23P9/c118-110(142(124)105-44-20-8-32-93(105)87-26-2-14-38-99(87)136-142)75-51-63-81(64-52-75)130-147(129-80-61-49-74(50-62-80)73-141(123)104-43-19-7-31-92(104)86-25-1-13-37-98(86)135-141)115-148(131-82-65-53-76(54-66-82)111(119)143(125)106-45-21-9-33-94(106)88-27-3-15-39-100(88)137-143,132-83-67-55-77(56-68-83)112(120)144(126)107-46-22-10-34-95(107)89-28-4-16-40-101(89)138-144)117-149(116-147,133-84-69-57-78(58-70-84)113(121)145(127)108-47-23-11-35-96(108)90-29-5-17-41-102(90)139-145)134-85-71-59-79(60-72-85)114(122)146(128)109-48-24-12-36-97(109)91-30-6-18-42-103(91)140-146/h1-72,110-114,118-122H,73H2. The SMILES string of the molecule is O=P1(Cc2ccc(OP3(Oc4ccc(C(O)P5(=O)Oc6ccccc6-c6ccccc65)cc4)=NP(Oc4ccc(C(O)P5(=O)Oc6ccccc6-c6ccccc65)cc4)(Oc4ccc(C(O)P5(=O)Oc6ccccc6-c6ccccc65)cc4)=NP(Oc4ccc(C(O)P5(=O)Oc6ccccc6-c6ccccc65)cc4)(Oc4ccc(C(O)P5(=O)Oc6ccccc6-c6ccccc65)cc4)=N3)cc2)Oc2ccccc2-c2ccccc21. The van der Waals surface area contributed by atoms with Gasteiger partial charge in [-0.25, -0.2) is 0 Å². The molecule has 7 aliphatic rings. The minimum atomic E-state index is -5.24. The van der Waals surface area contributed by atoms with Crippen molar-refractivity contribution < 1.29 is 107 Å². The zero-order valence-corrected chi connectivity index (χ0v) is 86.2. The van der Waals surface area contributed by atoms with Crippen molar-refractivity contribution in [1.82, 2.24) is 0 Å². The number of para-hydroxylation sites is 6. The molecule has 0 fully saturated rings. The van der Waals surface area contributed by atoms with Crippen molar-refractivity contribution in [2.75, 3.05) is 0 Å². The van der Waals surface area contributed by atoms with E-state index in [1.165, 1.54) is 121 Å². The van der Waals surface area contributed by atoms with Gasteiger partial charge in [-0.3, -0.25) is 27.4 Å². The van der Waals surface area contributed by atoms with Crippen molar-refractivity contribution in [2.24, 2.45) is 13.5 Å². The van der Waals surface area contributed by atoms with Crippen LogP contribution in [0.4, 0.5) is 0 Å². The van der Waals surface area contributed by atoms with E-state index in [1.54, 1.807) is 231 Å². The summed E-state index contributed by atoms with van der Waals surface area (Å²) >= 11 is 0. The van der Waals surface area contributed by atoms with E-state index in [9.17, 15) is 25.5 Å². The minimum absolute atomic E-state index is 0.0471. The lowest BCUT2D eigenvalue weighted by Crippen LogP contribution is -2.22. The highest BCUT2D eigenvalue weighted by Gasteiger charge is 2.54. The number of rotatable bonds is 24. The Balaban J connectivity index is 0.696. The summed E-state index contributed by atoms with van der Waals surface area (Å²) in [5.41, 5.74) is 8.68. The van der Waals surface area contributed by atoms with Crippen molar-refractivity contribution >= 4 is 99.0 Å². The van der Waals surface area contributed by atoms with Crippen LogP contribution in [0.3, 0.4) is 0 Å². The van der Waals surface area contributed by atoms with E-state index in [-0.39, 0.29) is 124 Å². The second-order valence-corrected chi connectivity index (χ2v) is 56.3. The highest BCUT2D eigenvalue weighted by Crippen LogP contribution is 2.80. The van der Waals surface area contributed by atoms with Crippen LogP contribution >= 0.6 is 67.2 Å². The van der Waals surface area contributed by atoms with Gasteiger partial charge in [-0.1, -0.05) is 305 Å². The second-order valence-electron chi connectivity index (χ2n) is 36.1. The predicted molar refractivity (Wildman–Crippen MR) is 577 cm³/mol. The molecule has 26 nitrogen and oxygen atoms in total. The van der Waals surface area contributed by atoms with Gasteiger partial charge in [-0.15, -0.1) is 0 Å². The van der Waals surface area contributed by atoms with Crippen LogP contribution in [0.15, 0.2) is 450 Å². The summed E-state index contributed by atoms with van der Waals surface area (Å²) in [4.78, 5) is 0. The Labute approximate surface area is 855 Å². The van der Waals surface area contributed by atoms with Gasteiger partial charge < -0.3 is 79.8 Å². The zero-order valence-electron chi connectivity index (χ0n) is 78.1. The van der Waals surface area contributed by atoms with Gasteiger partial charge in [0.15, 0.2) is 29.2 Å². The van der Waals surface area contributed by atoms with E-state index in [4.69, 9.17) is 67.8 Å². The summed E-state index contributed by atoms with van der Waals surface area (Å²) in [6.07, 6.45) is -0.128. The molecule has 0 aliphatic carbocycles. The summed E-state index contributed by atoms with van der Waals surface area (Å²) in [6.45, 7) is 0. The third-order valence-electron chi connectivity index (χ3n) is 26.8. The van der Waals surface area contributed by atoms with Gasteiger partial charge in [0, 0.05) is 33.4 Å². The maximum absolute atomic E-state index is 15.9. The lowest BCUT2D eigenvalue weighted by molar-refractivity contribution is 0.240. The maximum atomic E-state index is 15.9. The van der Waals surface area contributed by atoms with Crippen LogP contribution < -0.4 is 86.1 Å². The van der Waals surface area contributed by atoms with Crippen LogP contribution in [0.2, 0.25) is 0 Å². The van der Waals surface area contributed by atoms with Gasteiger partial charge in [0.1, 0.15) is 69.0 Å². The Hall–Kier alpha value is -14.6. The fourth-order valence-electron chi connectivity index (χ4n) is 19.6. The summed E-state index contributed by atoms with van der Waals surface area (Å²) in [5, 5.41) is 66.1. The topological polar surface area (TPSA) is 351 Å². The number of nitrogens with zero attached hydrogens (tertiary/aromatic N) is 3. The summed E-state index contributed by atoms with van der Waals surface area (Å²) in [7, 11) is -41.1. The smallest absolute Gasteiger partial charge is 0.439 e. The Bertz CT molecular complexity index is 8330. The molecule has 25 rings (SSSR count). The molecular weight excluding hydrogens is 2060 g/mol. The molecule has 18 aromatic rings. The van der Waals surface area contributed by atoms with E-state index < -0.39 is 96.4 Å². The van der Waals surface area contributed by atoms with E-state index in [0.29, 0.717) is 72.3 Å². The van der Waals surface area contributed by atoms with Gasteiger partial charge in [-0.05, 0) is 212 Å². The Morgan fingerprint density at radius 1 is 0.188 bits per heavy atom. The van der Waals surface area contributed by atoms with Crippen molar-refractivity contribution in [3.63, 3.8) is 0 Å². The average molecular weight is 2140 g/mol. The molecule has 0 spiro atoms. The van der Waals surface area contributed by atoms with Crippen LogP contribution in [0.1, 0.15) is 62.6 Å². The molecule has 0 amide bonds. The van der Waals surface area contributed by atoms with E-state index in [2.05, 4.69) is 0 Å². The number of benzene rings is 18. The quantitative estimate of drug-likeness (QED) is 0.0351. The first-order valence-corrected chi connectivity index (χ1v) is 62.2. The largest absolute Gasteiger partial charge is 0.460 e. The fourth-order valence-corrected chi connectivity index (χ4v) is 42.6. The first-order valence-electron chi connectivity index (χ1n) is 47.3. The molecule has 18 aromatic carbocycles. The molecule has 0 aromatic heterocycles. The Morgan fingerprint density at radius 2 is 0.349 bits per heavy atom. The van der Waals surface area contributed by atoms with Crippen molar-refractivity contribution in [3.05, 3.63) is 470 Å². The van der Waals surface area contributed by atoms with Crippen LogP contribution in [0.25, 0.3) is 66.8 Å². The van der Waals surface area contributed by atoms with Gasteiger partial charge in [0.05, 0.1) is 38.0 Å². The third-order valence-corrected chi connectivity index (χ3v) is 49.7. The number of aliphatic hydroxyl groups excluding tert-OH is 5. The molecule has 0 saturated heterocycles. The minimum Gasteiger partial charge on any atom is -0.439 e. The molecule has 5 N–H and O–H groups in total. The van der Waals surface area contributed by atoms with Crippen molar-refractivity contribution in [3.8, 4) is 136 Å². The lowest BCUT2D eigenvalue weighted by atomic mass is 10.0. The van der Waals surface area contributed by atoms with Gasteiger partial charge in [0.2, 0.25) is 0 Å². The number of fused-ring (bicyclic) bond motifs is 18. The monoisotopic (exact) mass is 2140 g/mol. The predicted octanol–water partition coefficient (Wildman–Crippen LogP) is 28.7. The lowest BCUT2D eigenvalue weighted by Gasteiger charge is -2.34. The first kappa shape index (κ1) is 95.4. The van der Waals surface area contributed by atoms with Crippen LogP contribution in [0, 0.1) is 0 Å². The highest BCUT2D eigenvalue weighted by molar-refractivity contribution is 7.79. The van der Waals surface area contributed by atoms with Crippen LogP contribution in [-0.4, -0.2) is 25.5 Å². The molecule has 7 aliphatic heterocycles. The summed E-state index contributed by atoms with van der Waals surface area (Å²) in [5.74, 6) is -8.04. The van der Waals surface area contributed by atoms with Crippen molar-refractivity contribution in [1.29, 1.82) is 0 Å². The highest BCUT2D eigenvalue weighted by atomic mass is 31.3. The Kier molecular flexibility index (Phi) is 23.9. The van der Waals surface area contributed by atoms with Gasteiger partial charge >= 0.3 is 59.8 Å². The zero-order chi connectivity index (χ0) is 101. The van der Waals surface area contributed by atoms with Crippen LogP contribution in [-0.2, 0) is 33.6 Å². The fraction of sp³-hybridized carbons (Fsp3) is 0.0526. The molecule has 738 valence electrons. The van der Waals surface area contributed by atoms with Crippen LogP contribution in [0.5, 0.6) is 69.0 Å². The third kappa shape index (κ3) is 16.8. The molecule has 12 atom stereocenters. The van der Waals surface area contributed by atoms with Gasteiger partial charge in [-0.2, -0.15) is 0 Å². The number of aliphatic hydroxyl groups is 5. The van der Waals surface area contributed by atoms with Gasteiger partial charge in [0.25, 0.3) is 7.37 Å². The molecule has 0 bridgehead atoms. The maximum Gasteiger partial charge on any atom is 0.460 e. The molecule has 12 unspecified atom stereocenters. The average Bonchev–Trinajstić information content (AvgIpc) is 1.49. The van der Waals surface area contributed by atoms with E-state index in [0.717, 1.165) is 11.1 Å². The molecule has 0 radical (unpaired) electrons. The van der Waals surface area contributed by atoms with Crippen molar-refractivity contribution in [2.45, 2.75) is 35.4 Å². The molecular formula is C114H84N3O23P9. The summed E-state index contributed by atoms with van der Waals surface area (Å²) in [6, 6.07) is 121. The number of hydrogen-bond acceptors (Lipinski definition) is 26. The summed E-state index contributed by atoms with van der Waals surface area (Å²) < 4.78 is 196. The molecule has 7 heterocycles. The van der Waals surface area contributed by atoms with E-state index in [1.807, 2.05) is 84.9 Å². The first-order chi connectivity index (χ1) is 72.3. The number of hydrogen-bond donors (Lipinski definition) is 5. The van der Waals surface area contributed by atoms with E-state index >= 15 is 27.4 Å².